The Morgan fingerprint density at radius 2 is 1.50 bits per heavy atom. The fourth-order valence-electron chi connectivity index (χ4n) is 3.96. The van der Waals surface area contributed by atoms with Crippen LogP contribution in [0.1, 0.15) is 42.9 Å². The van der Waals surface area contributed by atoms with Gasteiger partial charge in [-0.25, -0.2) is 4.79 Å². The van der Waals surface area contributed by atoms with Crippen LogP contribution in [0, 0.1) is 0 Å². The minimum atomic E-state index is -3.82. The highest BCUT2D eigenvalue weighted by Crippen LogP contribution is 2.53. The summed E-state index contributed by atoms with van der Waals surface area (Å²) in [5.41, 5.74) is -0.628. The van der Waals surface area contributed by atoms with Crippen LogP contribution in [0.5, 0.6) is 17.2 Å². The van der Waals surface area contributed by atoms with Crippen molar-refractivity contribution in [2.24, 2.45) is 0 Å². The lowest BCUT2D eigenvalue weighted by Crippen LogP contribution is -2.22. The third kappa shape index (κ3) is 5.08. The molecule has 4 nitrogen and oxygen atoms in total. The molecule has 0 saturated heterocycles. The first-order chi connectivity index (χ1) is 17.2. The maximum Gasteiger partial charge on any atom is 0.426 e. The number of esters is 1. The number of rotatable bonds is 10. The van der Waals surface area contributed by atoms with Crippen LogP contribution in [0.15, 0.2) is 73.3 Å². The molecule has 0 heterocycles. The first kappa shape index (κ1) is 25.3. The van der Waals surface area contributed by atoms with Gasteiger partial charge >= 0.3 is 12.1 Å². The first-order valence-corrected chi connectivity index (χ1v) is 11.5. The molecule has 0 atom stereocenters. The minimum Gasteiger partial charge on any atom is -0.494 e. The van der Waals surface area contributed by atoms with Crippen LogP contribution in [0.2, 0.25) is 0 Å². The SMILES string of the molecule is C=CC(=O)Oc1ccc(C(F)(F)Oc2ccc3c(c2)C(F)(F)c2cc(OCCCCC)ccc2-3)cc1. The van der Waals surface area contributed by atoms with Gasteiger partial charge in [-0.05, 0) is 66.1 Å². The van der Waals surface area contributed by atoms with Gasteiger partial charge in [0, 0.05) is 17.2 Å². The number of carbonyl (C=O) groups is 1. The molecule has 0 amide bonds. The zero-order valence-corrected chi connectivity index (χ0v) is 19.5. The second-order valence-electron chi connectivity index (χ2n) is 8.31. The van der Waals surface area contributed by atoms with E-state index < -0.39 is 34.9 Å². The Kier molecular flexibility index (Phi) is 7.06. The average molecular weight is 500 g/mol. The summed E-state index contributed by atoms with van der Waals surface area (Å²) in [5.74, 6) is -4.17. The number of alkyl halides is 4. The van der Waals surface area contributed by atoms with E-state index in [0.717, 1.165) is 43.5 Å². The molecule has 0 unspecified atom stereocenters. The van der Waals surface area contributed by atoms with Crippen molar-refractivity contribution < 1.29 is 36.6 Å². The summed E-state index contributed by atoms with van der Waals surface area (Å²) < 4.78 is 75.5. The highest BCUT2D eigenvalue weighted by atomic mass is 19.3. The summed E-state index contributed by atoms with van der Waals surface area (Å²) in [7, 11) is 0. The summed E-state index contributed by atoms with van der Waals surface area (Å²) in [4.78, 5) is 11.2. The van der Waals surface area contributed by atoms with Crippen molar-refractivity contribution in [2.45, 2.75) is 38.2 Å². The predicted octanol–water partition coefficient (Wildman–Crippen LogP) is 7.60. The van der Waals surface area contributed by atoms with Gasteiger partial charge in [0.2, 0.25) is 0 Å². The van der Waals surface area contributed by atoms with Crippen LogP contribution in [-0.2, 0) is 16.8 Å². The van der Waals surface area contributed by atoms with Crippen molar-refractivity contribution in [3.05, 3.63) is 90.0 Å². The number of unbranched alkanes of at least 4 members (excludes halogenated alkanes) is 2. The molecular weight excluding hydrogens is 476 g/mol. The first-order valence-electron chi connectivity index (χ1n) is 11.5. The summed E-state index contributed by atoms with van der Waals surface area (Å²) >= 11 is 0. The quantitative estimate of drug-likeness (QED) is 0.0946. The zero-order chi connectivity index (χ0) is 25.9. The molecule has 1 aliphatic carbocycles. The molecule has 8 heteroatoms. The van der Waals surface area contributed by atoms with E-state index in [1.165, 1.54) is 30.3 Å². The molecule has 0 fully saturated rings. The molecule has 0 N–H and O–H groups in total. The summed E-state index contributed by atoms with van der Waals surface area (Å²) in [6.07, 6.45) is -0.0695. The van der Waals surface area contributed by atoms with E-state index in [-0.39, 0.29) is 16.9 Å². The Balaban J connectivity index is 1.53. The number of ether oxygens (including phenoxy) is 3. The van der Waals surface area contributed by atoms with Crippen molar-refractivity contribution in [3.63, 3.8) is 0 Å². The molecule has 3 aromatic carbocycles. The van der Waals surface area contributed by atoms with Crippen LogP contribution in [-0.4, -0.2) is 12.6 Å². The second kappa shape index (κ2) is 10.0. The number of halogens is 4. The van der Waals surface area contributed by atoms with E-state index in [2.05, 4.69) is 13.5 Å². The van der Waals surface area contributed by atoms with Crippen LogP contribution < -0.4 is 14.2 Å². The van der Waals surface area contributed by atoms with Crippen LogP contribution in [0.3, 0.4) is 0 Å². The molecule has 188 valence electrons. The Bertz CT molecular complexity index is 1270. The topological polar surface area (TPSA) is 44.8 Å². The van der Waals surface area contributed by atoms with Gasteiger partial charge in [-0.15, -0.1) is 0 Å². The zero-order valence-electron chi connectivity index (χ0n) is 19.5. The molecule has 0 bridgehead atoms. The molecular formula is C28H24F4O4. The number of hydrogen-bond donors (Lipinski definition) is 0. The number of hydrogen-bond acceptors (Lipinski definition) is 4. The minimum absolute atomic E-state index is 0.0445. The van der Waals surface area contributed by atoms with Crippen molar-refractivity contribution >= 4 is 5.97 Å². The molecule has 0 aliphatic heterocycles. The third-order valence-corrected chi connectivity index (χ3v) is 5.79. The highest BCUT2D eigenvalue weighted by Gasteiger charge is 2.45. The smallest absolute Gasteiger partial charge is 0.426 e. The fraction of sp³-hybridized carbons (Fsp3) is 0.250. The van der Waals surface area contributed by atoms with Crippen LogP contribution in [0.25, 0.3) is 11.1 Å². The van der Waals surface area contributed by atoms with E-state index in [4.69, 9.17) is 14.2 Å². The van der Waals surface area contributed by atoms with E-state index in [9.17, 15) is 13.6 Å². The second-order valence-corrected chi connectivity index (χ2v) is 8.31. The summed E-state index contributed by atoms with van der Waals surface area (Å²) in [6.45, 7) is 5.74. The largest absolute Gasteiger partial charge is 0.494 e. The monoisotopic (exact) mass is 500 g/mol. The predicted molar refractivity (Wildman–Crippen MR) is 127 cm³/mol. The number of benzene rings is 3. The molecule has 0 radical (unpaired) electrons. The lowest BCUT2D eigenvalue weighted by molar-refractivity contribution is -0.185. The Morgan fingerprint density at radius 3 is 2.11 bits per heavy atom. The highest BCUT2D eigenvalue weighted by molar-refractivity contribution is 5.83. The van der Waals surface area contributed by atoms with E-state index >= 15 is 8.78 Å². The third-order valence-electron chi connectivity index (χ3n) is 5.79. The molecule has 4 rings (SSSR count). The molecule has 3 aromatic rings. The van der Waals surface area contributed by atoms with Crippen molar-refractivity contribution in [2.75, 3.05) is 6.61 Å². The Labute approximate surface area is 206 Å². The van der Waals surface area contributed by atoms with Crippen LogP contribution in [0.4, 0.5) is 17.6 Å². The lowest BCUT2D eigenvalue weighted by atomic mass is 10.1. The summed E-state index contributed by atoms with van der Waals surface area (Å²) in [6, 6.07) is 12.4. The number of fused-ring (bicyclic) bond motifs is 3. The normalized spacial score (nSPS) is 13.5. The van der Waals surface area contributed by atoms with Gasteiger partial charge in [0.25, 0.3) is 5.92 Å². The van der Waals surface area contributed by atoms with Gasteiger partial charge in [-0.1, -0.05) is 38.5 Å². The fourth-order valence-corrected chi connectivity index (χ4v) is 3.96. The maximum absolute atomic E-state index is 15.3. The average Bonchev–Trinajstić information content (AvgIpc) is 3.08. The van der Waals surface area contributed by atoms with Gasteiger partial charge < -0.3 is 14.2 Å². The van der Waals surface area contributed by atoms with Gasteiger partial charge in [-0.2, -0.15) is 17.6 Å². The van der Waals surface area contributed by atoms with Gasteiger partial charge in [0.05, 0.1) is 12.2 Å². The standard InChI is InChI=1S/C28H24F4O4/c1-3-5-6-15-34-20-11-13-22-23-14-12-21(17-25(23)27(29,30)24(22)16-20)36-28(31,32)18-7-9-19(10-8-18)35-26(33)4-2/h4,7-14,16-17H,2-3,5-6,15H2,1H3. The molecule has 0 spiro atoms. The molecule has 0 aromatic heterocycles. The Hall–Kier alpha value is -3.81. The van der Waals surface area contributed by atoms with Crippen molar-refractivity contribution in [3.8, 4) is 28.4 Å². The molecule has 36 heavy (non-hydrogen) atoms. The maximum atomic E-state index is 15.3. The number of carbonyl (C=O) groups excluding carboxylic acids is 1. The van der Waals surface area contributed by atoms with E-state index in [0.29, 0.717) is 17.9 Å². The van der Waals surface area contributed by atoms with Crippen LogP contribution >= 0.6 is 0 Å². The lowest BCUT2D eigenvalue weighted by Gasteiger charge is -2.20. The van der Waals surface area contributed by atoms with Gasteiger partial charge in [0.15, 0.2) is 0 Å². The van der Waals surface area contributed by atoms with Crippen molar-refractivity contribution in [1.82, 2.24) is 0 Å². The van der Waals surface area contributed by atoms with E-state index in [1.807, 2.05) is 0 Å². The summed E-state index contributed by atoms with van der Waals surface area (Å²) in [5, 5.41) is 0. The van der Waals surface area contributed by atoms with Gasteiger partial charge in [-0.3, -0.25) is 0 Å². The van der Waals surface area contributed by atoms with E-state index in [1.54, 1.807) is 12.1 Å². The van der Waals surface area contributed by atoms with Crippen molar-refractivity contribution in [1.29, 1.82) is 0 Å². The van der Waals surface area contributed by atoms with Gasteiger partial charge in [0.1, 0.15) is 17.2 Å². The molecule has 1 aliphatic rings. The Morgan fingerprint density at radius 1 is 0.917 bits per heavy atom. The molecule has 0 saturated carbocycles.